The van der Waals surface area contributed by atoms with Crippen molar-refractivity contribution < 1.29 is 4.79 Å². The molecule has 1 aliphatic rings. The van der Waals surface area contributed by atoms with Crippen molar-refractivity contribution in [1.82, 2.24) is 9.55 Å². The summed E-state index contributed by atoms with van der Waals surface area (Å²) in [6, 6.07) is 11.2. The third-order valence-corrected chi connectivity index (χ3v) is 5.11. The summed E-state index contributed by atoms with van der Waals surface area (Å²) in [5.41, 5.74) is 3.37. The molecular formula is C19H17Cl2N3O. The van der Waals surface area contributed by atoms with Gasteiger partial charge in [-0.2, -0.15) is 0 Å². The number of anilines is 2. The van der Waals surface area contributed by atoms with Crippen LogP contribution in [0.2, 0.25) is 10.0 Å². The predicted molar refractivity (Wildman–Crippen MR) is 102 cm³/mol. The molecule has 0 aliphatic carbocycles. The zero-order valence-electron chi connectivity index (χ0n) is 13.8. The Hall–Kier alpha value is -2.04. The molecule has 3 aromatic rings. The van der Waals surface area contributed by atoms with Crippen LogP contribution in [0.3, 0.4) is 0 Å². The number of imidazole rings is 1. The van der Waals surface area contributed by atoms with Gasteiger partial charge in [0.2, 0.25) is 5.95 Å². The second kappa shape index (κ2) is 6.36. The van der Waals surface area contributed by atoms with E-state index in [1.807, 2.05) is 37.3 Å². The number of hydrogen-bond donors (Lipinski definition) is 0. The maximum atomic E-state index is 12.4. The average molecular weight is 374 g/mol. The molecule has 0 bridgehead atoms. The van der Waals surface area contributed by atoms with Gasteiger partial charge in [-0.1, -0.05) is 36.2 Å². The number of aryl methyl sites for hydroxylation is 1. The second-order valence-electron chi connectivity index (χ2n) is 6.11. The minimum absolute atomic E-state index is 0.134. The smallest absolute Gasteiger partial charge is 0.211 e. The van der Waals surface area contributed by atoms with Gasteiger partial charge in [0.15, 0.2) is 5.78 Å². The lowest BCUT2D eigenvalue weighted by atomic mass is 10.1. The summed E-state index contributed by atoms with van der Waals surface area (Å²) in [4.78, 5) is 19.3. The molecule has 4 rings (SSSR count). The van der Waals surface area contributed by atoms with Crippen LogP contribution in [0.15, 0.2) is 36.4 Å². The number of fused-ring (bicyclic) bond motifs is 3. The number of benzene rings is 2. The monoisotopic (exact) mass is 373 g/mol. The van der Waals surface area contributed by atoms with Gasteiger partial charge in [-0.15, -0.1) is 0 Å². The van der Waals surface area contributed by atoms with Crippen molar-refractivity contribution in [2.45, 2.75) is 26.3 Å². The summed E-state index contributed by atoms with van der Waals surface area (Å²) in [5, 5.41) is 1.20. The Morgan fingerprint density at radius 2 is 2.04 bits per heavy atom. The van der Waals surface area contributed by atoms with E-state index in [0.717, 1.165) is 47.7 Å². The molecule has 0 spiro atoms. The van der Waals surface area contributed by atoms with Crippen LogP contribution in [0.5, 0.6) is 0 Å². The quantitative estimate of drug-likeness (QED) is 0.570. The molecule has 6 heteroatoms. The molecule has 1 aromatic heterocycles. The van der Waals surface area contributed by atoms with Crippen molar-refractivity contribution in [2.24, 2.45) is 0 Å². The molecule has 0 radical (unpaired) electrons. The fraction of sp³-hybridized carbons (Fsp3) is 0.263. The van der Waals surface area contributed by atoms with E-state index in [1.54, 1.807) is 6.07 Å². The van der Waals surface area contributed by atoms with Gasteiger partial charge >= 0.3 is 0 Å². The number of carbonyl (C=O) groups excluding carboxylic acids is 1. The third kappa shape index (κ3) is 2.70. The molecule has 4 nitrogen and oxygen atoms in total. The summed E-state index contributed by atoms with van der Waals surface area (Å²) in [5.74, 6) is 0.955. The maximum absolute atomic E-state index is 12.4. The van der Waals surface area contributed by atoms with Crippen LogP contribution in [-0.2, 0) is 6.54 Å². The molecule has 0 saturated heterocycles. The van der Waals surface area contributed by atoms with E-state index >= 15 is 0 Å². The number of carbonyl (C=O) groups is 1. The Balaban J connectivity index is 1.92. The highest BCUT2D eigenvalue weighted by atomic mass is 35.5. The fourth-order valence-corrected chi connectivity index (χ4v) is 3.93. The fourth-order valence-electron chi connectivity index (χ4n) is 3.42. The van der Waals surface area contributed by atoms with Crippen molar-refractivity contribution in [1.29, 1.82) is 0 Å². The Morgan fingerprint density at radius 3 is 2.80 bits per heavy atom. The number of ketones is 1. The van der Waals surface area contributed by atoms with Gasteiger partial charge in [0.1, 0.15) is 0 Å². The van der Waals surface area contributed by atoms with E-state index in [-0.39, 0.29) is 5.78 Å². The average Bonchev–Trinajstić information content (AvgIpc) is 3.00. The minimum atomic E-state index is 0.134. The second-order valence-corrected chi connectivity index (χ2v) is 6.96. The van der Waals surface area contributed by atoms with Crippen LogP contribution in [0.25, 0.3) is 11.0 Å². The zero-order chi connectivity index (χ0) is 17.6. The van der Waals surface area contributed by atoms with Crippen LogP contribution in [-0.4, -0.2) is 21.9 Å². The summed E-state index contributed by atoms with van der Waals surface area (Å²) in [7, 11) is 0. The van der Waals surface area contributed by atoms with Gasteiger partial charge in [0, 0.05) is 30.1 Å². The van der Waals surface area contributed by atoms with E-state index in [2.05, 4.69) is 9.47 Å². The van der Waals surface area contributed by atoms with Crippen LogP contribution in [0.1, 0.15) is 30.1 Å². The Bertz CT molecular complexity index is 980. The molecular weight excluding hydrogens is 357 g/mol. The van der Waals surface area contributed by atoms with Crippen LogP contribution in [0, 0.1) is 0 Å². The SMILES string of the molecule is CCC(=O)c1cccc2nc3n(c12)CCCN3c1ccc(Cl)cc1Cl. The third-order valence-electron chi connectivity index (χ3n) is 4.57. The number of Topliss-reactive ketones (excluding diaryl/α,β-unsaturated/α-hetero) is 1. The molecule has 0 atom stereocenters. The number of rotatable bonds is 3. The summed E-state index contributed by atoms with van der Waals surface area (Å²) in [6.07, 6.45) is 1.43. The van der Waals surface area contributed by atoms with E-state index < -0.39 is 0 Å². The highest BCUT2D eigenvalue weighted by Crippen LogP contribution is 2.37. The lowest BCUT2D eigenvalue weighted by molar-refractivity contribution is 0.0989. The predicted octanol–water partition coefficient (Wildman–Crippen LogP) is 5.48. The molecule has 128 valence electrons. The van der Waals surface area contributed by atoms with Crippen molar-refractivity contribution >= 4 is 51.7 Å². The number of nitrogens with zero attached hydrogens (tertiary/aromatic N) is 3. The maximum Gasteiger partial charge on any atom is 0.211 e. The lowest BCUT2D eigenvalue weighted by Gasteiger charge is -2.30. The molecule has 2 heterocycles. The van der Waals surface area contributed by atoms with Gasteiger partial charge in [-0.05, 0) is 36.8 Å². The molecule has 0 unspecified atom stereocenters. The summed E-state index contributed by atoms with van der Waals surface area (Å²) < 4.78 is 2.13. The molecule has 0 fully saturated rings. The minimum Gasteiger partial charge on any atom is -0.310 e. The van der Waals surface area contributed by atoms with E-state index in [0.29, 0.717) is 16.5 Å². The standard InChI is InChI=1S/C19H17Cl2N3O/c1-2-17(25)13-5-3-6-15-18(13)24-10-4-9-23(19(24)22-15)16-8-7-12(20)11-14(16)21/h3,5-8,11H,2,4,9-10H2,1H3. The van der Waals surface area contributed by atoms with Gasteiger partial charge in [-0.3, -0.25) is 4.79 Å². The van der Waals surface area contributed by atoms with Crippen molar-refractivity contribution in [3.05, 3.63) is 52.0 Å². The number of aromatic nitrogens is 2. The van der Waals surface area contributed by atoms with Crippen LogP contribution in [0.4, 0.5) is 11.6 Å². The summed E-state index contributed by atoms with van der Waals surface area (Å²) in [6.45, 7) is 3.54. The van der Waals surface area contributed by atoms with Crippen molar-refractivity contribution in [2.75, 3.05) is 11.4 Å². The molecule has 1 aliphatic heterocycles. The zero-order valence-corrected chi connectivity index (χ0v) is 15.3. The Kier molecular flexibility index (Phi) is 4.18. The number of halogens is 2. The van der Waals surface area contributed by atoms with Crippen LogP contribution >= 0.6 is 23.2 Å². The Morgan fingerprint density at radius 1 is 1.20 bits per heavy atom. The molecule has 0 amide bonds. The van der Waals surface area contributed by atoms with E-state index in [9.17, 15) is 4.79 Å². The topological polar surface area (TPSA) is 38.1 Å². The number of hydrogen-bond acceptors (Lipinski definition) is 3. The van der Waals surface area contributed by atoms with Gasteiger partial charge < -0.3 is 9.47 Å². The largest absolute Gasteiger partial charge is 0.310 e. The molecule has 0 saturated carbocycles. The first-order chi connectivity index (χ1) is 12.1. The van der Waals surface area contributed by atoms with Crippen molar-refractivity contribution in [3.63, 3.8) is 0 Å². The van der Waals surface area contributed by atoms with Crippen LogP contribution < -0.4 is 4.90 Å². The highest BCUT2D eigenvalue weighted by molar-refractivity contribution is 6.36. The molecule has 25 heavy (non-hydrogen) atoms. The first-order valence-electron chi connectivity index (χ1n) is 8.35. The molecule has 2 aromatic carbocycles. The van der Waals surface area contributed by atoms with E-state index in [4.69, 9.17) is 28.2 Å². The number of para-hydroxylation sites is 1. The Labute approximate surface area is 156 Å². The lowest BCUT2D eigenvalue weighted by Crippen LogP contribution is -2.28. The van der Waals surface area contributed by atoms with E-state index in [1.165, 1.54) is 0 Å². The van der Waals surface area contributed by atoms with Crippen molar-refractivity contribution in [3.8, 4) is 0 Å². The highest BCUT2D eigenvalue weighted by Gasteiger charge is 2.26. The first-order valence-corrected chi connectivity index (χ1v) is 9.10. The van der Waals surface area contributed by atoms with Gasteiger partial charge in [-0.25, -0.2) is 4.98 Å². The first kappa shape index (κ1) is 16.4. The van der Waals surface area contributed by atoms with Gasteiger partial charge in [0.25, 0.3) is 0 Å². The van der Waals surface area contributed by atoms with Gasteiger partial charge in [0.05, 0.1) is 21.7 Å². The summed E-state index contributed by atoms with van der Waals surface area (Å²) >= 11 is 12.4. The normalized spacial score (nSPS) is 14.0. The molecule has 0 N–H and O–H groups in total.